The normalized spacial score (nSPS) is 28.0. The summed E-state index contributed by atoms with van der Waals surface area (Å²) >= 11 is 0. The maximum atomic E-state index is 12.6. The minimum atomic E-state index is -0.782. The summed E-state index contributed by atoms with van der Waals surface area (Å²) in [4.78, 5) is 30.0. The second-order valence-corrected chi connectivity index (χ2v) is 8.04. The number of nitrogens with zero attached hydrogens (tertiary/aromatic N) is 3. The first kappa shape index (κ1) is 19.4. The van der Waals surface area contributed by atoms with Crippen molar-refractivity contribution in [1.29, 1.82) is 0 Å². The van der Waals surface area contributed by atoms with Gasteiger partial charge < -0.3 is 15.3 Å². The molecule has 3 fully saturated rings. The van der Waals surface area contributed by atoms with Crippen LogP contribution in [0.5, 0.6) is 0 Å². The molecule has 7 heteroatoms. The van der Waals surface area contributed by atoms with Crippen molar-refractivity contribution in [1.82, 2.24) is 20.0 Å². The molecule has 2 amide bonds. The number of hydrogen-bond donors (Lipinski definition) is 2. The molecule has 3 aliphatic rings. The summed E-state index contributed by atoms with van der Waals surface area (Å²) in [7, 11) is 0. The number of likely N-dealkylation sites (N-methyl/N-ethyl adjacent to an activating group) is 1. The SMILES string of the molecule is CCN(CC(=O)O)C1CC(NC(=O)N2CCCN(C3CCCC3)CC2)C1. The quantitative estimate of drug-likeness (QED) is 0.746. The van der Waals surface area contributed by atoms with Gasteiger partial charge in [0.2, 0.25) is 0 Å². The minimum absolute atomic E-state index is 0.0583. The Morgan fingerprint density at radius 1 is 1.08 bits per heavy atom. The summed E-state index contributed by atoms with van der Waals surface area (Å²) in [5.74, 6) is -0.782. The van der Waals surface area contributed by atoms with Crippen LogP contribution in [0.3, 0.4) is 0 Å². The number of aliphatic carboxylic acids is 1. The van der Waals surface area contributed by atoms with Gasteiger partial charge in [0.1, 0.15) is 0 Å². The number of carbonyl (C=O) groups is 2. The van der Waals surface area contributed by atoms with E-state index in [1.807, 2.05) is 16.7 Å². The summed E-state index contributed by atoms with van der Waals surface area (Å²) < 4.78 is 0. The fraction of sp³-hybridized carbons (Fsp3) is 0.895. The van der Waals surface area contributed by atoms with Gasteiger partial charge >= 0.3 is 12.0 Å². The summed E-state index contributed by atoms with van der Waals surface area (Å²) in [5.41, 5.74) is 0. The van der Waals surface area contributed by atoms with E-state index in [0.717, 1.165) is 58.0 Å². The van der Waals surface area contributed by atoms with Crippen LogP contribution < -0.4 is 5.32 Å². The van der Waals surface area contributed by atoms with Crippen LogP contribution in [-0.2, 0) is 4.79 Å². The van der Waals surface area contributed by atoms with Crippen molar-refractivity contribution in [2.45, 2.75) is 70.0 Å². The van der Waals surface area contributed by atoms with E-state index in [0.29, 0.717) is 0 Å². The lowest BCUT2D eigenvalue weighted by Gasteiger charge is -2.42. The van der Waals surface area contributed by atoms with Crippen LogP contribution >= 0.6 is 0 Å². The molecule has 1 heterocycles. The molecule has 0 atom stereocenters. The van der Waals surface area contributed by atoms with Gasteiger partial charge in [0.05, 0.1) is 6.54 Å². The van der Waals surface area contributed by atoms with Crippen LogP contribution in [0.2, 0.25) is 0 Å². The van der Waals surface area contributed by atoms with Crippen molar-refractivity contribution in [3.05, 3.63) is 0 Å². The number of carboxylic acids is 1. The van der Waals surface area contributed by atoms with Crippen molar-refractivity contribution in [2.75, 3.05) is 39.3 Å². The van der Waals surface area contributed by atoms with Crippen molar-refractivity contribution < 1.29 is 14.7 Å². The molecule has 0 radical (unpaired) electrons. The lowest BCUT2D eigenvalue weighted by Crippen LogP contribution is -2.57. The molecule has 2 saturated carbocycles. The number of nitrogens with one attached hydrogen (secondary N) is 1. The second kappa shape index (κ2) is 9.04. The second-order valence-electron chi connectivity index (χ2n) is 8.04. The van der Waals surface area contributed by atoms with Crippen molar-refractivity contribution >= 4 is 12.0 Å². The van der Waals surface area contributed by atoms with E-state index in [-0.39, 0.29) is 24.7 Å². The van der Waals surface area contributed by atoms with Gasteiger partial charge in [-0.3, -0.25) is 14.6 Å². The first-order valence-corrected chi connectivity index (χ1v) is 10.3. The van der Waals surface area contributed by atoms with Gasteiger partial charge in [-0.1, -0.05) is 19.8 Å². The molecule has 0 aromatic heterocycles. The van der Waals surface area contributed by atoms with Crippen LogP contribution in [0.25, 0.3) is 0 Å². The molecule has 2 aliphatic carbocycles. The minimum Gasteiger partial charge on any atom is -0.480 e. The topological polar surface area (TPSA) is 76.1 Å². The Hall–Kier alpha value is -1.34. The Morgan fingerprint density at radius 2 is 1.81 bits per heavy atom. The molecule has 0 unspecified atom stereocenters. The molecule has 2 N–H and O–H groups in total. The molecule has 0 aromatic rings. The summed E-state index contributed by atoms with van der Waals surface area (Å²) in [6.07, 6.45) is 8.11. The average molecular weight is 367 g/mol. The van der Waals surface area contributed by atoms with Crippen LogP contribution in [0.4, 0.5) is 4.79 Å². The Balaban J connectivity index is 1.39. The largest absolute Gasteiger partial charge is 0.480 e. The van der Waals surface area contributed by atoms with Gasteiger partial charge in [-0.05, 0) is 38.6 Å². The number of carboxylic acid groups (broad SMARTS) is 1. The number of urea groups is 1. The average Bonchev–Trinajstić information content (AvgIpc) is 3.00. The molecular formula is C19H34N4O3. The molecule has 148 valence electrons. The highest BCUT2D eigenvalue weighted by Gasteiger charge is 2.35. The highest BCUT2D eigenvalue weighted by atomic mass is 16.4. The predicted octanol–water partition coefficient (Wildman–Crippen LogP) is 1.58. The van der Waals surface area contributed by atoms with E-state index in [1.165, 1.54) is 25.7 Å². The fourth-order valence-electron chi connectivity index (χ4n) is 4.72. The third kappa shape index (κ3) is 4.88. The number of rotatable bonds is 6. The van der Waals surface area contributed by atoms with Crippen LogP contribution in [0, 0.1) is 0 Å². The van der Waals surface area contributed by atoms with Crippen molar-refractivity contribution in [2.24, 2.45) is 0 Å². The van der Waals surface area contributed by atoms with E-state index < -0.39 is 5.97 Å². The molecule has 0 bridgehead atoms. The Kier molecular flexibility index (Phi) is 6.75. The van der Waals surface area contributed by atoms with E-state index in [2.05, 4.69) is 10.2 Å². The molecule has 1 aliphatic heterocycles. The van der Waals surface area contributed by atoms with Crippen molar-refractivity contribution in [3.63, 3.8) is 0 Å². The van der Waals surface area contributed by atoms with Crippen LogP contribution in [0.15, 0.2) is 0 Å². The molecule has 1 saturated heterocycles. The van der Waals surface area contributed by atoms with E-state index in [9.17, 15) is 9.59 Å². The van der Waals surface area contributed by atoms with Gasteiger partial charge in [0.15, 0.2) is 0 Å². The van der Waals surface area contributed by atoms with Crippen molar-refractivity contribution in [3.8, 4) is 0 Å². The lowest BCUT2D eigenvalue weighted by atomic mass is 9.85. The predicted molar refractivity (Wildman–Crippen MR) is 100 cm³/mol. The molecule has 7 nitrogen and oxygen atoms in total. The zero-order valence-electron chi connectivity index (χ0n) is 16.0. The van der Waals surface area contributed by atoms with Gasteiger partial charge in [0, 0.05) is 44.3 Å². The summed E-state index contributed by atoms with van der Waals surface area (Å²) in [6, 6.07) is 1.26. The third-order valence-electron chi connectivity index (χ3n) is 6.36. The first-order valence-electron chi connectivity index (χ1n) is 10.3. The standard InChI is InChI=1S/C19H34N4O3/c1-2-21(14-18(24)25)17-12-15(13-17)20-19(26)23-9-5-8-22(10-11-23)16-6-3-4-7-16/h15-17H,2-14H2,1H3,(H,20,26)(H,24,25). The first-order chi connectivity index (χ1) is 12.6. The number of hydrogen-bond acceptors (Lipinski definition) is 4. The molecule has 26 heavy (non-hydrogen) atoms. The lowest BCUT2D eigenvalue weighted by molar-refractivity contribution is -0.139. The maximum Gasteiger partial charge on any atom is 0.317 e. The zero-order valence-corrected chi connectivity index (χ0v) is 16.0. The molecule has 3 rings (SSSR count). The summed E-state index contributed by atoms with van der Waals surface area (Å²) in [6.45, 7) is 6.58. The third-order valence-corrected chi connectivity index (χ3v) is 6.36. The molecular weight excluding hydrogens is 332 g/mol. The van der Waals surface area contributed by atoms with Gasteiger partial charge in [-0.25, -0.2) is 4.79 Å². The number of carbonyl (C=O) groups excluding carboxylic acids is 1. The number of amides is 2. The molecule has 0 spiro atoms. The van der Waals surface area contributed by atoms with Crippen LogP contribution in [0.1, 0.15) is 51.9 Å². The van der Waals surface area contributed by atoms with E-state index >= 15 is 0 Å². The Morgan fingerprint density at radius 3 is 2.46 bits per heavy atom. The van der Waals surface area contributed by atoms with Gasteiger partial charge in [0.25, 0.3) is 0 Å². The van der Waals surface area contributed by atoms with Gasteiger partial charge in [-0.2, -0.15) is 0 Å². The fourth-order valence-corrected chi connectivity index (χ4v) is 4.72. The van der Waals surface area contributed by atoms with Crippen LogP contribution in [-0.4, -0.2) is 89.2 Å². The smallest absolute Gasteiger partial charge is 0.317 e. The monoisotopic (exact) mass is 366 g/mol. The van der Waals surface area contributed by atoms with Gasteiger partial charge in [-0.15, -0.1) is 0 Å². The Labute approximate surface area is 156 Å². The summed E-state index contributed by atoms with van der Waals surface area (Å²) in [5, 5.41) is 12.1. The van der Waals surface area contributed by atoms with E-state index in [4.69, 9.17) is 5.11 Å². The molecule has 0 aromatic carbocycles. The highest BCUT2D eigenvalue weighted by Crippen LogP contribution is 2.26. The highest BCUT2D eigenvalue weighted by molar-refractivity contribution is 5.74. The zero-order chi connectivity index (χ0) is 18.5. The Bertz CT molecular complexity index is 489. The van der Waals surface area contributed by atoms with E-state index in [1.54, 1.807) is 0 Å². The maximum absolute atomic E-state index is 12.6.